The molecule has 1 aliphatic carbocycles. The molecule has 0 bridgehead atoms. The molecule has 156 valence electrons. The maximum absolute atomic E-state index is 13.7. The first-order valence-electron chi connectivity index (χ1n) is 10.6. The molecule has 0 unspecified atom stereocenters. The Morgan fingerprint density at radius 3 is 3.03 bits per heavy atom. The Morgan fingerprint density at radius 1 is 1.29 bits per heavy atom. The minimum Gasteiger partial charge on any atom is -0.424 e. The van der Waals surface area contributed by atoms with Gasteiger partial charge in [-0.05, 0) is 43.4 Å². The number of nitrogens with one attached hydrogen (secondary N) is 1. The van der Waals surface area contributed by atoms with Crippen LogP contribution in [-0.2, 0) is 0 Å². The van der Waals surface area contributed by atoms with Gasteiger partial charge < -0.3 is 14.6 Å². The van der Waals surface area contributed by atoms with Gasteiger partial charge in [0.2, 0.25) is 0 Å². The monoisotopic (exact) mass is 430 g/mol. The van der Waals surface area contributed by atoms with E-state index in [1.807, 2.05) is 65.2 Å². The number of amides is 1. The Kier molecular flexibility index (Phi) is 4.31. The smallest absolute Gasteiger partial charge is 0.295 e. The van der Waals surface area contributed by atoms with E-state index in [1.54, 1.807) is 11.3 Å². The van der Waals surface area contributed by atoms with Crippen LogP contribution >= 0.6 is 11.3 Å². The molecule has 2 aromatic heterocycles. The summed E-state index contributed by atoms with van der Waals surface area (Å²) in [5.41, 5.74) is 6.98. The van der Waals surface area contributed by atoms with E-state index in [0.29, 0.717) is 24.4 Å². The molecule has 6 nitrogen and oxygen atoms in total. The number of hydrogen-bond acceptors (Lipinski definition) is 6. The molecule has 1 amide bonds. The fourth-order valence-corrected chi connectivity index (χ4v) is 5.32. The lowest BCUT2D eigenvalue weighted by Gasteiger charge is -2.28. The van der Waals surface area contributed by atoms with Gasteiger partial charge in [0.05, 0.1) is 17.2 Å². The number of carbonyl (C=O) groups is 1. The largest absolute Gasteiger partial charge is 0.424 e. The fraction of sp³-hybridized carbons (Fsp3) is 0.292. The van der Waals surface area contributed by atoms with Gasteiger partial charge in [0.25, 0.3) is 11.9 Å². The third-order valence-corrected chi connectivity index (χ3v) is 7.02. The molecule has 2 aromatic carbocycles. The minimum atomic E-state index is 0.0864. The summed E-state index contributed by atoms with van der Waals surface area (Å²) in [6, 6.07) is 14.4. The second kappa shape index (κ2) is 7.20. The highest BCUT2D eigenvalue weighted by atomic mass is 32.1. The van der Waals surface area contributed by atoms with Gasteiger partial charge in [-0.1, -0.05) is 29.8 Å². The van der Waals surface area contributed by atoms with Crippen molar-refractivity contribution in [2.75, 3.05) is 18.4 Å². The van der Waals surface area contributed by atoms with Crippen molar-refractivity contribution in [2.45, 2.75) is 19.4 Å². The van der Waals surface area contributed by atoms with Gasteiger partial charge >= 0.3 is 0 Å². The van der Waals surface area contributed by atoms with E-state index in [-0.39, 0.29) is 11.9 Å². The SMILES string of the molecule is Cc1ccc(-c2cscn2)c(C(=O)N2C[C@H]3C[C@H]3[C@H]2CNc2nc3ccccc3o2)c1. The van der Waals surface area contributed by atoms with E-state index in [0.717, 1.165) is 40.0 Å². The predicted octanol–water partition coefficient (Wildman–Crippen LogP) is 4.83. The molecule has 0 radical (unpaired) electrons. The van der Waals surface area contributed by atoms with Crippen LogP contribution in [0.5, 0.6) is 0 Å². The molecule has 1 aliphatic heterocycles. The summed E-state index contributed by atoms with van der Waals surface area (Å²) < 4.78 is 5.81. The number of nitrogens with zero attached hydrogens (tertiary/aromatic N) is 3. The molecule has 6 rings (SSSR count). The number of hydrogen-bond donors (Lipinski definition) is 1. The van der Waals surface area contributed by atoms with Crippen LogP contribution in [0.1, 0.15) is 22.3 Å². The van der Waals surface area contributed by atoms with Crippen molar-refractivity contribution in [1.29, 1.82) is 0 Å². The van der Waals surface area contributed by atoms with E-state index >= 15 is 0 Å². The Hall–Kier alpha value is -3.19. The third-order valence-electron chi connectivity index (χ3n) is 6.43. The maximum atomic E-state index is 13.7. The minimum absolute atomic E-state index is 0.0864. The number of benzene rings is 2. The van der Waals surface area contributed by atoms with Crippen LogP contribution in [0.3, 0.4) is 0 Å². The number of oxazole rings is 1. The number of piperidine rings is 1. The topological polar surface area (TPSA) is 71.3 Å². The summed E-state index contributed by atoms with van der Waals surface area (Å²) in [6.07, 6.45) is 1.19. The normalized spacial score (nSPS) is 22.0. The molecule has 7 heteroatoms. The molecule has 4 aromatic rings. The molecular weight excluding hydrogens is 408 g/mol. The summed E-state index contributed by atoms with van der Waals surface area (Å²) in [7, 11) is 0. The van der Waals surface area contributed by atoms with Crippen LogP contribution in [-0.4, -0.2) is 39.9 Å². The lowest BCUT2D eigenvalue weighted by molar-refractivity contribution is 0.0715. The molecule has 2 aliphatic rings. The zero-order valence-corrected chi connectivity index (χ0v) is 17.9. The van der Waals surface area contributed by atoms with Gasteiger partial charge in [-0.3, -0.25) is 4.79 Å². The van der Waals surface area contributed by atoms with Crippen molar-refractivity contribution >= 4 is 34.4 Å². The van der Waals surface area contributed by atoms with Crippen LogP contribution in [0.15, 0.2) is 57.8 Å². The summed E-state index contributed by atoms with van der Waals surface area (Å²) in [6.45, 7) is 3.47. The standard InChI is InChI=1S/C24H22N4O2S/c1-14-6-7-16(20-12-31-13-26-20)18(8-14)23(29)28-11-15-9-17(15)21(28)10-25-24-27-19-4-2-3-5-22(19)30-24/h2-8,12-13,15,17,21H,9-11H2,1H3,(H,25,27)/t15-,17-,21-/m1/s1. The lowest BCUT2D eigenvalue weighted by atomic mass is 10.0. The molecule has 1 saturated heterocycles. The number of aryl methyl sites for hydroxylation is 1. The van der Waals surface area contributed by atoms with E-state index in [4.69, 9.17) is 4.42 Å². The maximum Gasteiger partial charge on any atom is 0.295 e. The summed E-state index contributed by atoms with van der Waals surface area (Å²) in [5.74, 6) is 1.24. The van der Waals surface area contributed by atoms with Crippen molar-refractivity contribution in [3.8, 4) is 11.3 Å². The molecule has 1 N–H and O–H groups in total. The van der Waals surface area contributed by atoms with Gasteiger partial charge in [-0.25, -0.2) is 4.98 Å². The van der Waals surface area contributed by atoms with Crippen LogP contribution in [0.25, 0.3) is 22.4 Å². The second-order valence-corrected chi connectivity index (χ2v) is 9.19. The highest BCUT2D eigenvalue weighted by Crippen LogP contribution is 2.50. The zero-order valence-electron chi connectivity index (χ0n) is 17.1. The fourth-order valence-electron chi connectivity index (χ4n) is 4.76. The first-order chi connectivity index (χ1) is 15.2. The summed E-state index contributed by atoms with van der Waals surface area (Å²) in [4.78, 5) is 24.7. The molecule has 0 spiro atoms. The first kappa shape index (κ1) is 18.6. The Bertz CT molecular complexity index is 1230. The molecule has 2 fully saturated rings. The molecule has 3 heterocycles. The number of aromatic nitrogens is 2. The van der Waals surface area contributed by atoms with Crippen LogP contribution in [0.2, 0.25) is 0 Å². The number of anilines is 1. The summed E-state index contributed by atoms with van der Waals surface area (Å²) in [5, 5.41) is 5.34. The molecule has 3 atom stereocenters. The molecule has 31 heavy (non-hydrogen) atoms. The number of thiazole rings is 1. The van der Waals surface area contributed by atoms with Gasteiger partial charge in [-0.15, -0.1) is 11.3 Å². The lowest BCUT2D eigenvalue weighted by Crippen LogP contribution is -2.42. The summed E-state index contributed by atoms with van der Waals surface area (Å²) >= 11 is 1.54. The van der Waals surface area contributed by atoms with Gasteiger partial charge in [0, 0.05) is 29.6 Å². The Labute approximate surface area is 183 Å². The average Bonchev–Trinajstić information content (AvgIpc) is 3.17. The van der Waals surface area contributed by atoms with Crippen molar-refractivity contribution in [1.82, 2.24) is 14.9 Å². The van der Waals surface area contributed by atoms with E-state index < -0.39 is 0 Å². The number of para-hydroxylation sites is 2. The van der Waals surface area contributed by atoms with E-state index in [1.165, 1.54) is 6.42 Å². The second-order valence-electron chi connectivity index (χ2n) is 8.47. The molecule has 1 saturated carbocycles. The molecular formula is C24H22N4O2S. The van der Waals surface area contributed by atoms with Gasteiger partial charge in [0.15, 0.2) is 5.58 Å². The average molecular weight is 431 g/mol. The van der Waals surface area contributed by atoms with E-state index in [9.17, 15) is 4.79 Å². The number of fused-ring (bicyclic) bond motifs is 2. The number of rotatable bonds is 5. The Morgan fingerprint density at radius 2 is 2.19 bits per heavy atom. The highest BCUT2D eigenvalue weighted by molar-refractivity contribution is 7.07. The van der Waals surface area contributed by atoms with Crippen molar-refractivity contribution < 1.29 is 9.21 Å². The van der Waals surface area contributed by atoms with Crippen molar-refractivity contribution in [3.63, 3.8) is 0 Å². The van der Waals surface area contributed by atoms with Crippen LogP contribution in [0, 0.1) is 18.8 Å². The van der Waals surface area contributed by atoms with Crippen LogP contribution < -0.4 is 5.32 Å². The van der Waals surface area contributed by atoms with Gasteiger partial charge in [0.1, 0.15) is 5.52 Å². The third kappa shape index (κ3) is 3.29. The van der Waals surface area contributed by atoms with Crippen molar-refractivity contribution in [3.05, 3.63) is 64.5 Å². The van der Waals surface area contributed by atoms with Crippen molar-refractivity contribution in [2.24, 2.45) is 11.8 Å². The first-order valence-corrected chi connectivity index (χ1v) is 11.5. The Balaban J connectivity index is 1.26. The quantitative estimate of drug-likeness (QED) is 0.491. The van der Waals surface area contributed by atoms with Crippen LogP contribution in [0.4, 0.5) is 6.01 Å². The predicted molar refractivity (Wildman–Crippen MR) is 121 cm³/mol. The number of likely N-dealkylation sites (tertiary alicyclic amines) is 1. The zero-order chi connectivity index (χ0) is 20.9. The van der Waals surface area contributed by atoms with Gasteiger partial charge in [-0.2, -0.15) is 4.98 Å². The van der Waals surface area contributed by atoms with E-state index in [2.05, 4.69) is 15.3 Å². The number of carbonyl (C=O) groups excluding carboxylic acids is 1. The highest BCUT2D eigenvalue weighted by Gasteiger charge is 2.54.